The summed E-state index contributed by atoms with van der Waals surface area (Å²) >= 11 is 0. The van der Waals surface area contributed by atoms with Gasteiger partial charge < -0.3 is 19.7 Å². The van der Waals surface area contributed by atoms with Gasteiger partial charge in [0.1, 0.15) is 17.3 Å². The molecule has 1 aliphatic carbocycles. The van der Waals surface area contributed by atoms with E-state index in [4.69, 9.17) is 9.47 Å². The summed E-state index contributed by atoms with van der Waals surface area (Å²) in [6.07, 6.45) is -1.34. The molecule has 3 aromatic carbocycles. The molecule has 212 valence electrons. The van der Waals surface area contributed by atoms with Gasteiger partial charge in [-0.3, -0.25) is 4.79 Å². The van der Waals surface area contributed by atoms with Crippen molar-refractivity contribution in [3.63, 3.8) is 0 Å². The minimum Gasteiger partial charge on any atom is -0.496 e. The Balaban J connectivity index is 1.31. The molecular formula is C31H26F4N2O4. The number of nitrogens with zero attached hydrogens (tertiary/aromatic N) is 1. The smallest absolute Gasteiger partial charge is 0.416 e. The number of halogens is 4. The number of allylic oxidation sites excluding steroid dienone is 2. The van der Waals surface area contributed by atoms with Crippen LogP contribution in [-0.4, -0.2) is 37.1 Å². The van der Waals surface area contributed by atoms with E-state index in [1.807, 2.05) is 6.08 Å². The molecule has 0 bridgehead atoms. The number of nitrogens with one attached hydrogen (secondary N) is 1. The Bertz CT molecular complexity index is 1530. The van der Waals surface area contributed by atoms with E-state index >= 15 is 0 Å². The molecule has 2 amide bonds. The molecular weight excluding hydrogens is 540 g/mol. The molecule has 10 heteroatoms. The van der Waals surface area contributed by atoms with Gasteiger partial charge in [0.2, 0.25) is 0 Å². The van der Waals surface area contributed by atoms with Crippen molar-refractivity contribution in [1.29, 1.82) is 0 Å². The number of amides is 2. The Hall–Kier alpha value is -4.60. The van der Waals surface area contributed by atoms with Crippen molar-refractivity contribution >= 4 is 12.0 Å². The van der Waals surface area contributed by atoms with Crippen molar-refractivity contribution in [2.75, 3.05) is 20.2 Å². The lowest BCUT2D eigenvalue weighted by Crippen LogP contribution is -2.39. The van der Waals surface area contributed by atoms with E-state index in [2.05, 4.69) is 5.32 Å². The first-order valence-corrected chi connectivity index (χ1v) is 12.9. The molecule has 0 unspecified atom stereocenters. The van der Waals surface area contributed by atoms with E-state index in [-0.39, 0.29) is 11.3 Å². The zero-order valence-corrected chi connectivity index (χ0v) is 22.1. The zero-order valence-electron chi connectivity index (χ0n) is 22.1. The second-order valence-electron chi connectivity index (χ2n) is 9.70. The summed E-state index contributed by atoms with van der Waals surface area (Å²) in [4.78, 5) is 27.6. The number of rotatable bonds is 5. The summed E-state index contributed by atoms with van der Waals surface area (Å²) in [6.45, 7) is 0.811. The molecule has 0 spiro atoms. The van der Waals surface area contributed by atoms with Crippen molar-refractivity contribution in [1.82, 2.24) is 10.2 Å². The first-order chi connectivity index (χ1) is 19.6. The number of carbonyl (C=O) groups excluding carboxylic acids is 2. The Morgan fingerprint density at radius 2 is 1.66 bits per heavy atom. The number of ether oxygens (including phenoxy) is 2. The Kier molecular flexibility index (Phi) is 7.83. The van der Waals surface area contributed by atoms with Crippen LogP contribution in [0.5, 0.6) is 11.5 Å². The van der Waals surface area contributed by atoms with Gasteiger partial charge in [0.25, 0.3) is 5.91 Å². The molecule has 2 aliphatic rings. The normalized spacial score (nSPS) is 15.1. The van der Waals surface area contributed by atoms with E-state index in [0.29, 0.717) is 54.9 Å². The lowest BCUT2D eigenvalue weighted by Gasteiger charge is -2.32. The molecule has 1 aliphatic heterocycles. The van der Waals surface area contributed by atoms with Gasteiger partial charge in [0.15, 0.2) is 0 Å². The van der Waals surface area contributed by atoms with Crippen LogP contribution in [0.2, 0.25) is 0 Å². The maximum Gasteiger partial charge on any atom is 0.416 e. The van der Waals surface area contributed by atoms with Crippen molar-refractivity contribution in [2.24, 2.45) is 0 Å². The topological polar surface area (TPSA) is 67.9 Å². The minimum atomic E-state index is -4.47. The maximum absolute atomic E-state index is 13.4. The van der Waals surface area contributed by atoms with E-state index in [9.17, 15) is 27.2 Å². The first kappa shape index (κ1) is 27.9. The highest BCUT2D eigenvalue weighted by atomic mass is 19.4. The first-order valence-electron chi connectivity index (χ1n) is 12.9. The van der Waals surface area contributed by atoms with Crippen molar-refractivity contribution in [2.45, 2.75) is 25.4 Å². The maximum atomic E-state index is 13.4. The van der Waals surface area contributed by atoms with Gasteiger partial charge >= 0.3 is 12.3 Å². The number of hydrogen-bond donors (Lipinski definition) is 1. The number of benzene rings is 3. The molecule has 0 radical (unpaired) electrons. The Morgan fingerprint density at radius 3 is 2.34 bits per heavy atom. The predicted octanol–water partition coefficient (Wildman–Crippen LogP) is 7.13. The van der Waals surface area contributed by atoms with Gasteiger partial charge in [-0.05, 0) is 90.6 Å². The van der Waals surface area contributed by atoms with Crippen LogP contribution in [0.25, 0.3) is 11.1 Å². The van der Waals surface area contributed by atoms with E-state index in [1.54, 1.807) is 23.1 Å². The van der Waals surface area contributed by atoms with Crippen LogP contribution in [-0.2, 0) is 6.18 Å². The fourth-order valence-corrected chi connectivity index (χ4v) is 4.97. The summed E-state index contributed by atoms with van der Waals surface area (Å²) in [7, 11) is 1.43. The van der Waals surface area contributed by atoms with Gasteiger partial charge in [0.05, 0.1) is 18.2 Å². The molecule has 3 aromatic rings. The van der Waals surface area contributed by atoms with Crippen LogP contribution in [0.1, 0.15) is 35.2 Å². The lowest BCUT2D eigenvalue weighted by atomic mass is 9.90. The molecule has 0 aromatic heterocycles. The summed E-state index contributed by atoms with van der Waals surface area (Å²) in [5.41, 5.74) is 3.10. The summed E-state index contributed by atoms with van der Waals surface area (Å²) in [6, 6.07) is 14.7. The molecule has 41 heavy (non-hydrogen) atoms. The van der Waals surface area contributed by atoms with Crippen molar-refractivity contribution in [3.8, 4) is 22.6 Å². The van der Waals surface area contributed by atoms with Gasteiger partial charge in [-0.1, -0.05) is 18.2 Å². The predicted molar refractivity (Wildman–Crippen MR) is 144 cm³/mol. The number of carbonyl (C=O) groups is 2. The number of hydrogen-bond acceptors (Lipinski definition) is 4. The third-order valence-corrected chi connectivity index (χ3v) is 7.07. The molecule has 1 heterocycles. The molecule has 0 saturated carbocycles. The number of methoxy groups -OCH3 is 1. The standard InChI is InChI=1S/C31H26F4N2O4/c1-40-27-4-2-3-26(28(27)19-5-8-22(9-6-19)31(33,34)35)29(38)36-24-12-7-21-18-37(16-15-20(21)17-24)30(39)41-25-13-10-23(32)11-14-25/h2-6,8-11,13-14,17H,7,12,15-16,18H2,1H3,(H,36,38). The van der Waals surface area contributed by atoms with Gasteiger partial charge in [-0.2, -0.15) is 13.2 Å². The van der Waals surface area contributed by atoms with Crippen molar-refractivity contribution < 1.29 is 36.6 Å². The summed E-state index contributed by atoms with van der Waals surface area (Å²) in [5.74, 6) is -0.205. The fourth-order valence-electron chi connectivity index (χ4n) is 4.97. The van der Waals surface area contributed by atoms with Gasteiger partial charge in [-0.15, -0.1) is 0 Å². The number of alkyl halides is 3. The van der Waals surface area contributed by atoms with Crippen LogP contribution >= 0.6 is 0 Å². The Morgan fingerprint density at radius 1 is 0.927 bits per heavy atom. The third-order valence-electron chi connectivity index (χ3n) is 7.07. The molecule has 5 rings (SSSR count). The second-order valence-corrected chi connectivity index (χ2v) is 9.70. The van der Waals surface area contributed by atoms with E-state index in [1.165, 1.54) is 43.5 Å². The highest BCUT2D eigenvalue weighted by molar-refractivity contribution is 6.03. The highest BCUT2D eigenvalue weighted by Gasteiger charge is 2.31. The van der Waals surface area contributed by atoms with E-state index < -0.39 is 29.6 Å². The summed E-state index contributed by atoms with van der Waals surface area (Å²) in [5, 5.41) is 2.95. The minimum absolute atomic E-state index is 0.262. The fraction of sp³-hybridized carbons (Fsp3) is 0.226. The molecule has 1 N–H and O–H groups in total. The average molecular weight is 567 g/mol. The summed E-state index contributed by atoms with van der Waals surface area (Å²) < 4.78 is 63.2. The molecule has 0 atom stereocenters. The van der Waals surface area contributed by atoms with Gasteiger partial charge in [-0.25, -0.2) is 9.18 Å². The SMILES string of the molecule is COc1cccc(C(=O)NC2=CC3=C(CC2)CN(C(=O)Oc2ccc(F)cc2)CC3)c1-c1ccc(C(F)(F)F)cc1. The van der Waals surface area contributed by atoms with E-state index in [0.717, 1.165) is 23.3 Å². The highest BCUT2D eigenvalue weighted by Crippen LogP contribution is 2.37. The molecule has 0 saturated heterocycles. The van der Waals surface area contributed by atoms with Crippen LogP contribution in [0, 0.1) is 5.82 Å². The third kappa shape index (κ3) is 6.26. The molecule has 0 fully saturated rings. The second kappa shape index (κ2) is 11.5. The van der Waals surface area contributed by atoms with Gasteiger partial charge in [0, 0.05) is 24.4 Å². The quantitative estimate of drug-likeness (QED) is 0.334. The van der Waals surface area contributed by atoms with Crippen LogP contribution in [0.15, 0.2) is 89.6 Å². The van der Waals surface area contributed by atoms with Crippen LogP contribution in [0.3, 0.4) is 0 Å². The molecule has 6 nitrogen and oxygen atoms in total. The van der Waals surface area contributed by atoms with Crippen LogP contribution in [0.4, 0.5) is 22.4 Å². The largest absolute Gasteiger partial charge is 0.496 e. The lowest BCUT2D eigenvalue weighted by molar-refractivity contribution is -0.137. The van der Waals surface area contributed by atoms with Crippen LogP contribution < -0.4 is 14.8 Å². The monoisotopic (exact) mass is 566 g/mol. The average Bonchev–Trinajstić information content (AvgIpc) is 2.97. The zero-order chi connectivity index (χ0) is 29.1. The van der Waals surface area contributed by atoms with Crippen molar-refractivity contribution in [3.05, 3.63) is 107 Å². The Labute approximate surface area is 233 Å².